The molecule has 2 heterocycles. The minimum Gasteiger partial charge on any atom is -0.353 e. The predicted octanol–water partition coefficient (Wildman–Crippen LogP) is 0.0977. The van der Waals surface area contributed by atoms with E-state index >= 15 is 0 Å². The van der Waals surface area contributed by atoms with Gasteiger partial charge in [-0.05, 0) is 50.8 Å². The summed E-state index contributed by atoms with van der Waals surface area (Å²) in [4.78, 5) is 52.0. The molecule has 1 aromatic heterocycles. The summed E-state index contributed by atoms with van der Waals surface area (Å²) in [5, 5.41) is 17.8. The second-order valence-electron chi connectivity index (χ2n) is 7.41. The van der Waals surface area contributed by atoms with Crippen LogP contribution in [0.1, 0.15) is 30.4 Å². The number of piperidine rings is 1. The van der Waals surface area contributed by atoms with Crippen LogP contribution in [-0.2, 0) is 17.6 Å². The number of nitrogens with zero attached hydrogens (tertiary/aromatic N) is 1. The normalized spacial score (nSPS) is 19.9. The lowest BCUT2D eigenvalue weighted by molar-refractivity contribution is -0.385. The Labute approximate surface area is 158 Å². The number of amides is 1. The molecule has 1 unspecified atom stereocenters. The maximum atomic E-state index is 12.6. The largest absolute Gasteiger partial charge is 0.353 e. The summed E-state index contributed by atoms with van der Waals surface area (Å²) in [5.74, 6) is -0.0211. The van der Waals surface area contributed by atoms with Crippen molar-refractivity contribution in [3.8, 4) is 0 Å². The Balaban J connectivity index is 1.69. The molecule has 1 fully saturated rings. The van der Waals surface area contributed by atoms with Crippen molar-refractivity contribution in [3.05, 3.63) is 48.0 Å². The monoisotopic (exact) mass is 387 g/mol. The number of nitrogens with one attached hydrogen (secondary N) is 4. The fourth-order valence-corrected chi connectivity index (χ4v) is 4.22. The number of rotatable bonds is 3. The van der Waals surface area contributed by atoms with Crippen molar-refractivity contribution < 1.29 is 9.72 Å². The molecule has 10 nitrogen and oxygen atoms in total. The Morgan fingerprint density at radius 2 is 1.82 bits per heavy atom. The number of aromatic amines is 2. The number of hydrogen-bond acceptors (Lipinski definition) is 6. The van der Waals surface area contributed by atoms with Gasteiger partial charge in [-0.15, -0.1) is 0 Å². The Morgan fingerprint density at radius 1 is 1.11 bits per heavy atom. The number of carbonyl (C=O) groups excluding carboxylic acids is 1. The summed E-state index contributed by atoms with van der Waals surface area (Å²) >= 11 is 0. The van der Waals surface area contributed by atoms with E-state index < -0.39 is 16.0 Å². The van der Waals surface area contributed by atoms with Gasteiger partial charge in [0.25, 0.3) is 5.69 Å². The highest BCUT2D eigenvalue weighted by atomic mass is 16.6. The van der Waals surface area contributed by atoms with E-state index in [-0.39, 0.29) is 29.1 Å². The number of aromatic nitrogens is 2. The van der Waals surface area contributed by atoms with E-state index in [4.69, 9.17) is 0 Å². The molecule has 0 radical (unpaired) electrons. The molecule has 0 saturated carbocycles. The highest BCUT2D eigenvalue weighted by Crippen LogP contribution is 2.34. The summed E-state index contributed by atoms with van der Waals surface area (Å²) in [6, 6.07) is 1.12. The van der Waals surface area contributed by atoms with Crippen molar-refractivity contribution in [2.45, 2.75) is 38.1 Å². The molecule has 0 spiro atoms. The summed E-state index contributed by atoms with van der Waals surface area (Å²) in [6.45, 7) is 1.63. The molecular weight excluding hydrogens is 366 g/mol. The van der Waals surface area contributed by atoms with Crippen molar-refractivity contribution in [3.63, 3.8) is 0 Å². The van der Waals surface area contributed by atoms with Gasteiger partial charge in [-0.2, -0.15) is 0 Å². The number of hydrogen-bond donors (Lipinski definition) is 4. The van der Waals surface area contributed by atoms with Gasteiger partial charge in [-0.3, -0.25) is 24.5 Å². The number of fused-ring (bicyclic) bond motifs is 3. The number of nitro groups is 1. The molecule has 1 aliphatic heterocycles. The lowest BCUT2D eigenvalue weighted by Crippen LogP contribution is -2.44. The average Bonchev–Trinajstić information content (AvgIpc) is 2.69. The highest BCUT2D eigenvalue weighted by Gasteiger charge is 2.31. The van der Waals surface area contributed by atoms with E-state index in [0.717, 1.165) is 25.9 Å². The minimum absolute atomic E-state index is 0.00610. The molecule has 2 aliphatic rings. The lowest BCUT2D eigenvalue weighted by atomic mass is 9.85. The third kappa shape index (κ3) is 3.31. The van der Waals surface area contributed by atoms with E-state index in [1.807, 2.05) is 0 Å². The summed E-state index contributed by atoms with van der Waals surface area (Å²) in [6.07, 6.45) is 2.95. The molecular formula is C18H21N5O5. The molecule has 1 saturated heterocycles. The van der Waals surface area contributed by atoms with Crippen molar-refractivity contribution >= 4 is 22.6 Å². The summed E-state index contributed by atoms with van der Waals surface area (Å²) in [5.41, 5.74) is 0.0458. The van der Waals surface area contributed by atoms with E-state index in [0.29, 0.717) is 35.9 Å². The zero-order valence-corrected chi connectivity index (χ0v) is 15.2. The molecule has 28 heavy (non-hydrogen) atoms. The molecule has 1 aromatic carbocycles. The van der Waals surface area contributed by atoms with Gasteiger partial charge in [0, 0.05) is 23.6 Å². The van der Waals surface area contributed by atoms with Gasteiger partial charge in [-0.1, -0.05) is 0 Å². The molecule has 148 valence electrons. The van der Waals surface area contributed by atoms with Crippen molar-refractivity contribution in [1.82, 2.24) is 20.6 Å². The zero-order chi connectivity index (χ0) is 19.8. The smallest absolute Gasteiger partial charge is 0.314 e. The first-order valence-electron chi connectivity index (χ1n) is 9.40. The third-order valence-corrected chi connectivity index (χ3v) is 5.66. The van der Waals surface area contributed by atoms with Gasteiger partial charge in [-0.25, -0.2) is 0 Å². The van der Waals surface area contributed by atoms with E-state index in [1.54, 1.807) is 0 Å². The standard InChI is InChI=1S/C18H21N5O5/c24-16(9-3-5-19-6-4-9)20-10-1-2-11-12(7-10)15-13(8-14(11)23(27)28)21-17(25)18(26)22-15/h8-10,19H,1-7H2,(H,20,24)(H,21,25)(H,22,26). The van der Waals surface area contributed by atoms with Crippen molar-refractivity contribution in [2.24, 2.45) is 5.92 Å². The fraction of sp³-hybridized carbons (Fsp3) is 0.500. The van der Waals surface area contributed by atoms with Crippen LogP contribution >= 0.6 is 0 Å². The van der Waals surface area contributed by atoms with Crippen LogP contribution in [-0.4, -0.2) is 39.9 Å². The third-order valence-electron chi connectivity index (χ3n) is 5.66. The average molecular weight is 387 g/mol. The van der Waals surface area contributed by atoms with Gasteiger partial charge in [0.2, 0.25) is 5.91 Å². The molecule has 10 heteroatoms. The maximum Gasteiger partial charge on any atom is 0.314 e. The fourth-order valence-electron chi connectivity index (χ4n) is 4.22. The van der Waals surface area contributed by atoms with Gasteiger partial charge in [0.1, 0.15) is 0 Å². The first-order valence-corrected chi connectivity index (χ1v) is 9.40. The van der Waals surface area contributed by atoms with E-state index in [1.165, 1.54) is 6.07 Å². The van der Waals surface area contributed by atoms with Crippen LogP contribution in [0, 0.1) is 16.0 Å². The Hall–Kier alpha value is -3.01. The lowest BCUT2D eigenvalue weighted by Gasteiger charge is -2.29. The Morgan fingerprint density at radius 3 is 2.54 bits per heavy atom. The van der Waals surface area contributed by atoms with Gasteiger partial charge in [0.15, 0.2) is 0 Å². The minimum atomic E-state index is -0.853. The highest BCUT2D eigenvalue weighted by molar-refractivity contribution is 5.84. The van der Waals surface area contributed by atoms with E-state index in [2.05, 4.69) is 20.6 Å². The second-order valence-corrected chi connectivity index (χ2v) is 7.41. The first-order chi connectivity index (χ1) is 13.4. The molecule has 1 amide bonds. The molecule has 2 aromatic rings. The van der Waals surface area contributed by atoms with Crippen LogP contribution < -0.4 is 21.8 Å². The number of carbonyl (C=O) groups is 1. The maximum absolute atomic E-state index is 12.6. The summed E-state index contributed by atoms with van der Waals surface area (Å²) < 4.78 is 0. The van der Waals surface area contributed by atoms with Crippen LogP contribution in [0.25, 0.3) is 11.0 Å². The van der Waals surface area contributed by atoms with Crippen molar-refractivity contribution in [1.29, 1.82) is 0 Å². The molecule has 1 atom stereocenters. The molecule has 4 rings (SSSR count). The predicted molar refractivity (Wildman–Crippen MR) is 101 cm³/mol. The van der Waals surface area contributed by atoms with Crippen LogP contribution in [0.5, 0.6) is 0 Å². The van der Waals surface area contributed by atoms with Crippen LogP contribution in [0.15, 0.2) is 15.7 Å². The second kappa shape index (κ2) is 7.19. The van der Waals surface area contributed by atoms with Gasteiger partial charge in [0.05, 0.1) is 16.0 Å². The first kappa shape index (κ1) is 18.4. The van der Waals surface area contributed by atoms with Crippen LogP contribution in [0.2, 0.25) is 0 Å². The Kier molecular flexibility index (Phi) is 4.71. The number of benzene rings is 1. The SMILES string of the molecule is O=C(NC1CCc2c([N+](=O)[O-])cc3[nH]c(=O)c(=O)[nH]c3c2C1)C1CCNCC1. The van der Waals surface area contributed by atoms with Crippen LogP contribution in [0.4, 0.5) is 5.69 Å². The quantitative estimate of drug-likeness (QED) is 0.333. The van der Waals surface area contributed by atoms with Crippen LogP contribution in [0.3, 0.4) is 0 Å². The zero-order valence-electron chi connectivity index (χ0n) is 15.2. The summed E-state index contributed by atoms with van der Waals surface area (Å²) in [7, 11) is 0. The van der Waals surface area contributed by atoms with E-state index in [9.17, 15) is 24.5 Å². The van der Waals surface area contributed by atoms with Gasteiger partial charge >= 0.3 is 11.1 Å². The molecule has 4 N–H and O–H groups in total. The van der Waals surface area contributed by atoms with Crippen molar-refractivity contribution in [2.75, 3.05) is 13.1 Å². The topological polar surface area (TPSA) is 150 Å². The molecule has 1 aliphatic carbocycles. The molecule has 0 bridgehead atoms. The number of nitro benzene ring substituents is 1. The Bertz CT molecular complexity index is 1070. The van der Waals surface area contributed by atoms with Gasteiger partial charge < -0.3 is 20.6 Å². The number of H-pyrrole nitrogens is 2.